The Morgan fingerprint density at radius 3 is 2.72 bits per heavy atom. The summed E-state index contributed by atoms with van der Waals surface area (Å²) >= 11 is 0. The first kappa shape index (κ1) is 20.9. The largest absolute Gasteiger partial charge is 0.465 e. The average molecular weight is 459 g/mol. The number of hydrogen-bond donors (Lipinski definition) is 1. The van der Waals surface area contributed by atoms with E-state index in [-0.39, 0.29) is 23.6 Å². The fraction of sp³-hybridized carbons (Fsp3) is 0.524. The standard InChI is InChI=1S/C21H26N6O4S/c1-14-4-5-16-17(26(14)21(28)29)6-7-18-20(16)24-19(8-11-25-22-9-10-23-25)27(18)15-3-2-12-32(30,31)13-15/h6-7,9-10,14-15H,2-5,8,11-13H2,1H3,(H,28,29)/t14-,15-/m0/s1. The zero-order chi connectivity index (χ0) is 22.5. The number of carbonyl (C=O) groups is 1. The molecule has 170 valence electrons. The molecule has 2 aromatic heterocycles. The summed E-state index contributed by atoms with van der Waals surface area (Å²) in [5.74, 6) is 1.11. The van der Waals surface area contributed by atoms with Crippen LogP contribution >= 0.6 is 0 Å². The highest BCUT2D eigenvalue weighted by molar-refractivity contribution is 7.91. The molecule has 5 rings (SSSR count). The highest BCUT2D eigenvalue weighted by atomic mass is 32.2. The lowest BCUT2D eigenvalue weighted by Crippen LogP contribution is -2.41. The summed E-state index contributed by atoms with van der Waals surface area (Å²) in [7, 11) is -3.11. The fourth-order valence-corrected chi connectivity index (χ4v) is 6.76. The Bertz CT molecular complexity index is 1270. The van der Waals surface area contributed by atoms with E-state index < -0.39 is 15.9 Å². The Morgan fingerprint density at radius 2 is 2.00 bits per heavy atom. The first-order valence-electron chi connectivity index (χ1n) is 10.9. The molecule has 0 unspecified atom stereocenters. The molecule has 0 saturated carbocycles. The van der Waals surface area contributed by atoms with E-state index in [0.29, 0.717) is 25.1 Å². The molecule has 0 bridgehead atoms. The van der Waals surface area contributed by atoms with Gasteiger partial charge >= 0.3 is 6.09 Å². The molecule has 1 fully saturated rings. The second kappa shape index (κ2) is 7.88. The van der Waals surface area contributed by atoms with Crippen molar-refractivity contribution in [1.82, 2.24) is 24.5 Å². The first-order chi connectivity index (χ1) is 15.3. The van der Waals surface area contributed by atoms with E-state index in [4.69, 9.17) is 4.98 Å². The van der Waals surface area contributed by atoms with Crippen molar-refractivity contribution < 1.29 is 18.3 Å². The zero-order valence-corrected chi connectivity index (χ0v) is 18.7. The molecule has 0 spiro atoms. The van der Waals surface area contributed by atoms with E-state index in [1.807, 2.05) is 19.1 Å². The number of carboxylic acid groups (broad SMARTS) is 1. The van der Waals surface area contributed by atoms with E-state index in [1.165, 1.54) is 4.90 Å². The molecule has 1 amide bonds. The van der Waals surface area contributed by atoms with Gasteiger partial charge in [0.15, 0.2) is 9.84 Å². The molecule has 0 aliphatic carbocycles. The van der Waals surface area contributed by atoms with Crippen LogP contribution in [0.4, 0.5) is 10.5 Å². The zero-order valence-electron chi connectivity index (χ0n) is 17.9. The number of amides is 1. The van der Waals surface area contributed by atoms with Crippen LogP contribution in [0.1, 0.15) is 43.6 Å². The van der Waals surface area contributed by atoms with Gasteiger partial charge in [0, 0.05) is 24.1 Å². The van der Waals surface area contributed by atoms with E-state index in [1.54, 1.807) is 17.2 Å². The van der Waals surface area contributed by atoms with Gasteiger partial charge in [0.25, 0.3) is 0 Å². The molecule has 32 heavy (non-hydrogen) atoms. The van der Waals surface area contributed by atoms with Crippen molar-refractivity contribution in [3.05, 3.63) is 35.9 Å². The molecule has 2 aliphatic rings. The number of anilines is 1. The number of hydrogen-bond acceptors (Lipinski definition) is 6. The second-order valence-corrected chi connectivity index (χ2v) is 10.9. The van der Waals surface area contributed by atoms with Gasteiger partial charge in [-0.25, -0.2) is 18.2 Å². The van der Waals surface area contributed by atoms with E-state index in [2.05, 4.69) is 14.8 Å². The number of rotatable bonds is 4. The third-order valence-corrected chi connectivity index (χ3v) is 8.34. The predicted molar refractivity (Wildman–Crippen MR) is 119 cm³/mol. The molecule has 11 heteroatoms. The minimum absolute atomic E-state index is 0.0981. The molecule has 1 saturated heterocycles. The maximum atomic E-state index is 12.4. The fourth-order valence-electron chi connectivity index (χ4n) is 5.08. The Kier molecular flexibility index (Phi) is 5.15. The van der Waals surface area contributed by atoms with Gasteiger partial charge in [-0.15, -0.1) is 0 Å². The highest BCUT2D eigenvalue weighted by Gasteiger charge is 2.33. The maximum Gasteiger partial charge on any atom is 0.412 e. The number of benzene rings is 1. The molecule has 1 aromatic carbocycles. The lowest BCUT2D eigenvalue weighted by atomic mass is 9.95. The van der Waals surface area contributed by atoms with Crippen LogP contribution in [0, 0.1) is 0 Å². The van der Waals surface area contributed by atoms with Gasteiger partial charge in [-0.3, -0.25) is 4.90 Å². The van der Waals surface area contributed by atoms with Gasteiger partial charge in [-0.1, -0.05) is 0 Å². The Labute approximate surface area is 185 Å². The van der Waals surface area contributed by atoms with Gasteiger partial charge in [-0.2, -0.15) is 15.0 Å². The van der Waals surface area contributed by atoms with Crippen LogP contribution < -0.4 is 4.90 Å². The summed E-state index contributed by atoms with van der Waals surface area (Å²) in [6, 6.07) is 3.45. The second-order valence-electron chi connectivity index (χ2n) is 8.65. The van der Waals surface area contributed by atoms with Crippen LogP contribution in [0.3, 0.4) is 0 Å². The van der Waals surface area contributed by atoms with Crippen molar-refractivity contribution in [3.63, 3.8) is 0 Å². The van der Waals surface area contributed by atoms with E-state index in [0.717, 1.165) is 41.7 Å². The monoisotopic (exact) mass is 458 g/mol. The van der Waals surface area contributed by atoms with Gasteiger partial charge < -0.3 is 9.67 Å². The predicted octanol–water partition coefficient (Wildman–Crippen LogP) is 2.44. The van der Waals surface area contributed by atoms with Crippen LogP contribution in [-0.4, -0.2) is 61.7 Å². The summed E-state index contributed by atoms with van der Waals surface area (Å²) < 4.78 is 26.9. The lowest BCUT2D eigenvalue weighted by molar-refractivity contribution is 0.198. The minimum atomic E-state index is -3.11. The summed E-state index contributed by atoms with van der Waals surface area (Å²) in [5, 5.41) is 18.1. The molecule has 3 aromatic rings. The number of aryl methyl sites for hydroxylation is 3. The number of imidazole rings is 1. The Hall–Kier alpha value is -2.95. The summed E-state index contributed by atoms with van der Waals surface area (Å²) in [6.45, 7) is 2.44. The maximum absolute atomic E-state index is 12.4. The Balaban J connectivity index is 1.64. The molecule has 10 nitrogen and oxygen atoms in total. The van der Waals surface area contributed by atoms with Crippen molar-refractivity contribution in [2.24, 2.45) is 0 Å². The first-order valence-corrected chi connectivity index (χ1v) is 12.8. The topological polar surface area (TPSA) is 123 Å². The molecule has 2 atom stereocenters. The third kappa shape index (κ3) is 3.64. The summed E-state index contributed by atoms with van der Waals surface area (Å²) in [6.07, 6.45) is 5.67. The molecular weight excluding hydrogens is 432 g/mol. The van der Waals surface area contributed by atoms with Crippen molar-refractivity contribution in [3.8, 4) is 0 Å². The Morgan fingerprint density at radius 1 is 1.22 bits per heavy atom. The van der Waals surface area contributed by atoms with Crippen LogP contribution in [0.25, 0.3) is 11.0 Å². The van der Waals surface area contributed by atoms with E-state index >= 15 is 0 Å². The molecular formula is C21H26N6O4S. The molecule has 1 N–H and O–H groups in total. The van der Waals surface area contributed by atoms with Gasteiger partial charge in [0.05, 0.1) is 47.2 Å². The lowest BCUT2D eigenvalue weighted by Gasteiger charge is -2.33. The summed E-state index contributed by atoms with van der Waals surface area (Å²) in [4.78, 5) is 19.9. The normalized spacial score (nSPS) is 22.7. The van der Waals surface area contributed by atoms with Crippen molar-refractivity contribution in [1.29, 1.82) is 0 Å². The number of fused-ring (bicyclic) bond motifs is 3. The average Bonchev–Trinajstić information content (AvgIpc) is 3.38. The highest BCUT2D eigenvalue weighted by Crippen LogP contribution is 2.38. The molecule has 2 aliphatic heterocycles. The van der Waals surface area contributed by atoms with Crippen LogP contribution in [-0.2, 0) is 29.2 Å². The van der Waals surface area contributed by atoms with Crippen LogP contribution in [0.15, 0.2) is 24.5 Å². The SMILES string of the molecule is C[C@H]1CCc2c(ccc3c2nc(CCn2nccn2)n3[C@H]2CCCS(=O)(=O)C2)N1C(=O)O. The van der Waals surface area contributed by atoms with Crippen LogP contribution in [0.2, 0.25) is 0 Å². The molecule has 4 heterocycles. The minimum Gasteiger partial charge on any atom is -0.465 e. The number of aromatic nitrogens is 5. The molecule has 0 radical (unpaired) electrons. The van der Waals surface area contributed by atoms with Crippen LogP contribution in [0.5, 0.6) is 0 Å². The van der Waals surface area contributed by atoms with Crippen molar-refractivity contribution >= 4 is 32.7 Å². The quantitative estimate of drug-likeness (QED) is 0.637. The number of sulfone groups is 1. The van der Waals surface area contributed by atoms with Crippen molar-refractivity contribution in [2.75, 3.05) is 16.4 Å². The number of nitrogens with zero attached hydrogens (tertiary/aromatic N) is 6. The summed E-state index contributed by atoms with van der Waals surface area (Å²) in [5.41, 5.74) is 3.23. The third-order valence-electron chi connectivity index (χ3n) is 6.54. The smallest absolute Gasteiger partial charge is 0.412 e. The van der Waals surface area contributed by atoms with E-state index in [9.17, 15) is 18.3 Å². The van der Waals surface area contributed by atoms with Gasteiger partial charge in [0.1, 0.15) is 5.82 Å². The van der Waals surface area contributed by atoms with Gasteiger partial charge in [0.2, 0.25) is 0 Å². The van der Waals surface area contributed by atoms with Gasteiger partial charge in [-0.05, 0) is 44.7 Å². The van der Waals surface area contributed by atoms with Crippen molar-refractivity contribution in [2.45, 2.75) is 57.7 Å².